The molecule has 1 fully saturated rings. The van der Waals surface area contributed by atoms with Gasteiger partial charge in [-0.3, -0.25) is 0 Å². The normalized spacial score (nSPS) is 23.2. The molecule has 154 valence electrons. The number of amides is 1. The maximum atomic E-state index is 11.8. The summed E-state index contributed by atoms with van der Waals surface area (Å²) in [6.07, 6.45) is 0.812. The summed E-state index contributed by atoms with van der Waals surface area (Å²) in [5, 5.41) is 9.91. The second kappa shape index (κ2) is 7.93. The molecule has 0 radical (unpaired) electrons. The number of nitrogens with zero attached hydrogens (tertiary/aromatic N) is 1. The molecule has 1 saturated heterocycles. The van der Waals surface area contributed by atoms with E-state index in [1.165, 1.54) is 0 Å². The first kappa shape index (κ1) is 23.7. The van der Waals surface area contributed by atoms with Crippen molar-refractivity contribution in [3.8, 4) is 0 Å². The first-order valence-corrected chi connectivity index (χ1v) is 15.6. The van der Waals surface area contributed by atoms with Crippen molar-refractivity contribution in [1.82, 2.24) is 4.90 Å². The molecule has 2 unspecified atom stereocenters. The van der Waals surface area contributed by atoms with E-state index < -0.39 is 22.7 Å². The molecular weight excluding hydrogens is 362 g/mol. The van der Waals surface area contributed by atoms with Crippen molar-refractivity contribution < 1.29 is 18.8 Å². The standard InChI is InChI=1S/C19H41NO4Si2/c1-18(2,3)25(7,8)23-14-15-16(12-11-13-20(15)17(21)22)24-26(9,10)19(4,5)6/h15-16H,11-14H2,1-10H3,(H,21,22). The third-order valence-corrected chi connectivity index (χ3v) is 15.6. The monoisotopic (exact) mass is 403 g/mol. The summed E-state index contributed by atoms with van der Waals surface area (Å²) >= 11 is 0. The van der Waals surface area contributed by atoms with Gasteiger partial charge in [0, 0.05) is 6.54 Å². The Morgan fingerprint density at radius 3 is 1.96 bits per heavy atom. The molecule has 7 heteroatoms. The van der Waals surface area contributed by atoms with Crippen LogP contribution in [0.3, 0.4) is 0 Å². The first-order chi connectivity index (χ1) is 11.5. The molecule has 0 aromatic rings. The van der Waals surface area contributed by atoms with Gasteiger partial charge in [-0.25, -0.2) is 4.79 Å². The molecular formula is C19H41NO4Si2. The van der Waals surface area contributed by atoms with Crippen LogP contribution < -0.4 is 0 Å². The van der Waals surface area contributed by atoms with E-state index in [-0.39, 0.29) is 22.2 Å². The molecule has 0 spiro atoms. The highest BCUT2D eigenvalue weighted by molar-refractivity contribution is 6.74. The van der Waals surface area contributed by atoms with Crippen molar-refractivity contribution in [3.63, 3.8) is 0 Å². The van der Waals surface area contributed by atoms with Crippen LogP contribution in [-0.2, 0) is 8.85 Å². The lowest BCUT2D eigenvalue weighted by Crippen LogP contribution is -2.58. The summed E-state index contributed by atoms with van der Waals surface area (Å²) in [7, 11) is -3.92. The molecule has 1 aliphatic heterocycles. The molecule has 0 aromatic carbocycles. The number of hydrogen-bond acceptors (Lipinski definition) is 3. The van der Waals surface area contributed by atoms with Crippen LogP contribution in [0, 0.1) is 0 Å². The lowest BCUT2D eigenvalue weighted by Gasteiger charge is -2.47. The van der Waals surface area contributed by atoms with Crippen molar-refractivity contribution in [3.05, 3.63) is 0 Å². The summed E-state index contributed by atoms with van der Waals surface area (Å²) < 4.78 is 13.1. The number of piperidine rings is 1. The van der Waals surface area contributed by atoms with Crippen LogP contribution in [0.25, 0.3) is 0 Å². The predicted molar refractivity (Wildman–Crippen MR) is 113 cm³/mol. The Balaban J connectivity index is 3.02. The molecule has 1 heterocycles. The highest BCUT2D eigenvalue weighted by atomic mass is 28.4. The number of hydrogen-bond donors (Lipinski definition) is 1. The fourth-order valence-corrected chi connectivity index (χ4v) is 5.07. The number of carboxylic acid groups (broad SMARTS) is 1. The highest BCUT2D eigenvalue weighted by Gasteiger charge is 2.45. The van der Waals surface area contributed by atoms with E-state index in [4.69, 9.17) is 8.85 Å². The van der Waals surface area contributed by atoms with Crippen LogP contribution in [0.1, 0.15) is 54.4 Å². The fourth-order valence-electron chi connectivity index (χ4n) is 2.66. The summed E-state index contributed by atoms with van der Waals surface area (Å²) in [5.74, 6) is 0. The summed E-state index contributed by atoms with van der Waals surface area (Å²) in [6.45, 7) is 23.2. The topological polar surface area (TPSA) is 59.0 Å². The van der Waals surface area contributed by atoms with Crippen LogP contribution in [0.2, 0.25) is 36.3 Å². The van der Waals surface area contributed by atoms with E-state index in [1.807, 2.05) is 0 Å². The van der Waals surface area contributed by atoms with Gasteiger partial charge in [-0.2, -0.15) is 0 Å². The van der Waals surface area contributed by atoms with Gasteiger partial charge in [0.15, 0.2) is 16.6 Å². The first-order valence-electron chi connectivity index (χ1n) is 9.81. The van der Waals surface area contributed by atoms with Gasteiger partial charge in [0.1, 0.15) is 0 Å². The van der Waals surface area contributed by atoms with Gasteiger partial charge in [0.25, 0.3) is 0 Å². The molecule has 5 nitrogen and oxygen atoms in total. The van der Waals surface area contributed by atoms with Crippen LogP contribution in [0.4, 0.5) is 4.79 Å². The second-order valence-corrected chi connectivity index (χ2v) is 20.2. The van der Waals surface area contributed by atoms with E-state index in [9.17, 15) is 9.90 Å². The molecule has 1 rings (SSSR count). The zero-order valence-corrected chi connectivity index (χ0v) is 20.6. The van der Waals surface area contributed by atoms with Gasteiger partial charge in [-0.15, -0.1) is 0 Å². The third kappa shape index (κ3) is 5.56. The van der Waals surface area contributed by atoms with E-state index in [0.717, 1.165) is 12.8 Å². The van der Waals surface area contributed by atoms with Crippen LogP contribution >= 0.6 is 0 Å². The maximum absolute atomic E-state index is 11.8. The maximum Gasteiger partial charge on any atom is 0.407 e. The van der Waals surface area contributed by atoms with Gasteiger partial charge < -0.3 is 18.9 Å². The lowest BCUT2D eigenvalue weighted by molar-refractivity contribution is 0.000553. The molecule has 1 amide bonds. The molecule has 0 aromatic heterocycles. The largest absolute Gasteiger partial charge is 0.465 e. The highest BCUT2D eigenvalue weighted by Crippen LogP contribution is 2.40. The van der Waals surface area contributed by atoms with E-state index in [1.54, 1.807) is 4.90 Å². The predicted octanol–water partition coefficient (Wildman–Crippen LogP) is 5.54. The Kier molecular flexibility index (Phi) is 7.22. The zero-order valence-electron chi connectivity index (χ0n) is 18.6. The van der Waals surface area contributed by atoms with Crippen LogP contribution in [0.15, 0.2) is 0 Å². The van der Waals surface area contributed by atoms with Crippen molar-refractivity contribution in [1.29, 1.82) is 0 Å². The quantitative estimate of drug-likeness (QED) is 0.612. The van der Waals surface area contributed by atoms with Gasteiger partial charge >= 0.3 is 6.09 Å². The molecule has 0 bridgehead atoms. The van der Waals surface area contributed by atoms with Gasteiger partial charge in [-0.05, 0) is 49.1 Å². The lowest BCUT2D eigenvalue weighted by atomic mass is 10.0. The van der Waals surface area contributed by atoms with E-state index >= 15 is 0 Å². The summed E-state index contributed by atoms with van der Waals surface area (Å²) in [4.78, 5) is 13.4. The van der Waals surface area contributed by atoms with Gasteiger partial charge in [0.05, 0.1) is 18.8 Å². The SMILES string of the molecule is CC(C)(C)[Si](C)(C)OCC1C(O[Si](C)(C)C(C)(C)C)CCCN1C(=O)O. The average Bonchev–Trinajstić information content (AvgIpc) is 2.42. The Morgan fingerprint density at radius 2 is 1.54 bits per heavy atom. The molecule has 1 aliphatic rings. The minimum Gasteiger partial charge on any atom is -0.465 e. The van der Waals surface area contributed by atoms with Crippen LogP contribution in [0.5, 0.6) is 0 Å². The second-order valence-electron chi connectivity index (χ2n) is 10.7. The number of rotatable bonds is 5. The Bertz CT molecular complexity index is 495. The van der Waals surface area contributed by atoms with Crippen LogP contribution in [-0.4, -0.2) is 58.0 Å². The van der Waals surface area contributed by atoms with Gasteiger partial charge in [-0.1, -0.05) is 41.5 Å². The molecule has 0 saturated carbocycles. The van der Waals surface area contributed by atoms with E-state index in [0.29, 0.717) is 13.2 Å². The molecule has 26 heavy (non-hydrogen) atoms. The Labute approximate surface area is 162 Å². The van der Waals surface area contributed by atoms with Crippen molar-refractivity contribution in [2.75, 3.05) is 13.2 Å². The average molecular weight is 404 g/mol. The Morgan fingerprint density at radius 1 is 1.04 bits per heavy atom. The summed E-state index contributed by atoms with van der Waals surface area (Å²) in [6, 6.07) is -0.218. The number of likely N-dealkylation sites (tertiary alicyclic amines) is 1. The summed E-state index contributed by atoms with van der Waals surface area (Å²) in [5.41, 5.74) is 0. The van der Waals surface area contributed by atoms with Crippen molar-refractivity contribution in [2.24, 2.45) is 0 Å². The Hall–Kier alpha value is -0.376. The molecule has 1 N–H and O–H groups in total. The molecule has 2 atom stereocenters. The third-order valence-electron chi connectivity index (χ3n) is 6.64. The van der Waals surface area contributed by atoms with E-state index in [2.05, 4.69) is 67.7 Å². The van der Waals surface area contributed by atoms with Crippen molar-refractivity contribution >= 4 is 22.7 Å². The minimum atomic E-state index is -1.97. The molecule has 0 aliphatic carbocycles. The number of carbonyl (C=O) groups is 1. The zero-order chi connectivity index (χ0) is 20.6. The van der Waals surface area contributed by atoms with Gasteiger partial charge in [0.2, 0.25) is 0 Å². The fraction of sp³-hybridized carbons (Fsp3) is 0.947. The smallest absolute Gasteiger partial charge is 0.407 e. The van der Waals surface area contributed by atoms with Crippen molar-refractivity contribution in [2.45, 2.75) is 103 Å². The minimum absolute atomic E-state index is 0.0782.